The molecule has 0 amide bonds. The van der Waals surface area contributed by atoms with E-state index in [0.717, 1.165) is 11.8 Å². The Morgan fingerprint density at radius 1 is 1.17 bits per heavy atom. The highest BCUT2D eigenvalue weighted by atomic mass is 79.9. The molecule has 2 heteroatoms. The Morgan fingerprint density at radius 3 is 2.56 bits per heavy atom. The van der Waals surface area contributed by atoms with Gasteiger partial charge in [-0.25, -0.2) is 0 Å². The number of benzene rings is 1. The van der Waals surface area contributed by atoms with Crippen molar-refractivity contribution in [3.05, 3.63) is 27.7 Å². The van der Waals surface area contributed by atoms with Crippen molar-refractivity contribution >= 4 is 21.6 Å². The Labute approximate surface area is 119 Å². The van der Waals surface area contributed by atoms with Gasteiger partial charge in [0.2, 0.25) is 0 Å². The van der Waals surface area contributed by atoms with E-state index in [-0.39, 0.29) is 0 Å². The lowest BCUT2D eigenvalue weighted by molar-refractivity contribution is 0.280. The Hall–Kier alpha value is -0.500. The molecule has 3 atom stereocenters. The lowest BCUT2D eigenvalue weighted by atomic mass is 9.80. The van der Waals surface area contributed by atoms with Crippen LogP contribution < -0.4 is 5.32 Å². The van der Waals surface area contributed by atoms with Crippen molar-refractivity contribution < 1.29 is 0 Å². The van der Waals surface area contributed by atoms with Crippen molar-refractivity contribution in [2.45, 2.75) is 53.0 Å². The van der Waals surface area contributed by atoms with Gasteiger partial charge in [0.25, 0.3) is 0 Å². The third-order valence-corrected chi connectivity index (χ3v) is 4.84. The Kier molecular flexibility index (Phi) is 4.37. The Morgan fingerprint density at radius 2 is 1.89 bits per heavy atom. The standard InChI is InChI=1S/C16H24BrN/c1-10-5-6-12(3)15(9-10)18-16-13(4)7-11(2)8-14(16)17/h7-8,10,12,15,18H,5-6,9H2,1-4H3. The van der Waals surface area contributed by atoms with E-state index >= 15 is 0 Å². The summed E-state index contributed by atoms with van der Waals surface area (Å²) in [6, 6.07) is 5.07. The summed E-state index contributed by atoms with van der Waals surface area (Å²) in [4.78, 5) is 0. The zero-order valence-electron chi connectivity index (χ0n) is 11.9. The van der Waals surface area contributed by atoms with Crippen LogP contribution in [-0.2, 0) is 0 Å². The first-order chi connectivity index (χ1) is 8.47. The second kappa shape index (κ2) is 5.64. The van der Waals surface area contributed by atoms with Crippen molar-refractivity contribution in [1.82, 2.24) is 0 Å². The van der Waals surface area contributed by atoms with Gasteiger partial charge in [-0.3, -0.25) is 0 Å². The van der Waals surface area contributed by atoms with Crippen LogP contribution in [0.2, 0.25) is 0 Å². The molecule has 3 unspecified atom stereocenters. The average molecular weight is 310 g/mol. The van der Waals surface area contributed by atoms with Crippen molar-refractivity contribution in [2.75, 3.05) is 5.32 Å². The topological polar surface area (TPSA) is 12.0 Å². The number of anilines is 1. The maximum absolute atomic E-state index is 3.78. The minimum atomic E-state index is 0.617. The smallest absolute Gasteiger partial charge is 0.0516 e. The largest absolute Gasteiger partial charge is 0.381 e. The fourth-order valence-electron chi connectivity index (χ4n) is 3.02. The molecular formula is C16H24BrN. The van der Waals surface area contributed by atoms with Crippen LogP contribution in [0.1, 0.15) is 44.2 Å². The molecule has 100 valence electrons. The molecule has 0 saturated heterocycles. The number of hydrogen-bond acceptors (Lipinski definition) is 1. The maximum atomic E-state index is 3.78. The van der Waals surface area contributed by atoms with E-state index in [1.165, 1.54) is 40.5 Å². The van der Waals surface area contributed by atoms with E-state index in [0.29, 0.717) is 6.04 Å². The monoisotopic (exact) mass is 309 g/mol. The molecule has 1 fully saturated rings. The van der Waals surface area contributed by atoms with Gasteiger partial charge in [0, 0.05) is 10.5 Å². The van der Waals surface area contributed by atoms with E-state index in [9.17, 15) is 0 Å². The molecule has 0 aliphatic heterocycles. The third-order valence-electron chi connectivity index (χ3n) is 4.22. The first kappa shape index (κ1) is 13.9. The maximum Gasteiger partial charge on any atom is 0.0516 e. The second-order valence-electron chi connectivity index (χ2n) is 6.08. The van der Waals surface area contributed by atoms with Gasteiger partial charge < -0.3 is 5.32 Å². The first-order valence-corrected chi connectivity index (χ1v) is 7.80. The fraction of sp³-hybridized carbons (Fsp3) is 0.625. The van der Waals surface area contributed by atoms with Crippen LogP contribution in [0.5, 0.6) is 0 Å². The minimum Gasteiger partial charge on any atom is -0.381 e. The minimum absolute atomic E-state index is 0.617. The molecule has 0 radical (unpaired) electrons. The van der Waals surface area contributed by atoms with Gasteiger partial charge in [0.05, 0.1) is 5.69 Å². The van der Waals surface area contributed by atoms with E-state index in [2.05, 4.69) is 61.1 Å². The van der Waals surface area contributed by atoms with Crippen molar-refractivity contribution in [3.63, 3.8) is 0 Å². The van der Waals surface area contributed by atoms with E-state index in [4.69, 9.17) is 0 Å². The predicted molar refractivity (Wildman–Crippen MR) is 83.2 cm³/mol. The van der Waals surface area contributed by atoms with Gasteiger partial charge in [0.15, 0.2) is 0 Å². The van der Waals surface area contributed by atoms with Crippen LogP contribution in [0.25, 0.3) is 0 Å². The Balaban J connectivity index is 2.18. The van der Waals surface area contributed by atoms with Gasteiger partial charge in [-0.1, -0.05) is 26.3 Å². The molecule has 1 aromatic carbocycles. The molecule has 1 nitrogen and oxygen atoms in total. The SMILES string of the molecule is Cc1cc(C)c(NC2CC(C)CCC2C)c(Br)c1. The lowest BCUT2D eigenvalue weighted by Gasteiger charge is -2.34. The summed E-state index contributed by atoms with van der Waals surface area (Å²) in [7, 11) is 0. The molecule has 1 N–H and O–H groups in total. The van der Waals surface area contributed by atoms with Crippen molar-refractivity contribution in [2.24, 2.45) is 11.8 Å². The molecule has 1 aliphatic carbocycles. The van der Waals surface area contributed by atoms with Crippen LogP contribution in [0.15, 0.2) is 16.6 Å². The summed E-state index contributed by atoms with van der Waals surface area (Å²) < 4.78 is 1.20. The summed E-state index contributed by atoms with van der Waals surface area (Å²) in [6.45, 7) is 9.09. The van der Waals surface area contributed by atoms with Gasteiger partial charge in [0.1, 0.15) is 0 Å². The fourth-order valence-corrected chi connectivity index (χ4v) is 3.81. The highest BCUT2D eigenvalue weighted by Gasteiger charge is 2.26. The summed E-state index contributed by atoms with van der Waals surface area (Å²) in [5, 5.41) is 3.78. The van der Waals surface area contributed by atoms with E-state index in [1.807, 2.05) is 0 Å². The van der Waals surface area contributed by atoms with Gasteiger partial charge in [-0.15, -0.1) is 0 Å². The van der Waals surface area contributed by atoms with Crippen LogP contribution in [0, 0.1) is 25.7 Å². The zero-order valence-corrected chi connectivity index (χ0v) is 13.5. The normalized spacial score (nSPS) is 28.2. The van der Waals surface area contributed by atoms with Crippen LogP contribution in [0.3, 0.4) is 0 Å². The first-order valence-electron chi connectivity index (χ1n) is 7.00. The van der Waals surface area contributed by atoms with Crippen LogP contribution in [-0.4, -0.2) is 6.04 Å². The molecule has 1 aliphatic rings. The molecule has 2 rings (SSSR count). The summed E-state index contributed by atoms with van der Waals surface area (Å²) in [5.41, 5.74) is 3.94. The molecule has 0 bridgehead atoms. The van der Waals surface area contributed by atoms with Gasteiger partial charge in [-0.05, 0) is 71.6 Å². The second-order valence-corrected chi connectivity index (χ2v) is 6.94. The number of nitrogens with one attached hydrogen (secondary N) is 1. The molecule has 0 spiro atoms. The van der Waals surface area contributed by atoms with E-state index < -0.39 is 0 Å². The van der Waals surface area contributed by atoms with E-state index in [1.54, 1.807) is 0 Å². The summed E-state index contributed by atoms with van der Waals surface area (Å²) >= 11 is 3.70. The van der Waals surface area contributed by atoms with Crippen molar-refractivity contribution in [3.8, 4) is 0 Å². The molecule has 0 aromatic heterocycles. The van der Waals surface area contributed by atoms with Gasteiger partial charge >= 0.3 is 0 Å². The molecular weight excluding hydrogens is 286 g/mol. The lowest BCUT2D eigenvalue weighted by Crippen LogP contribution is -2.33. The third kappa shape index (κ3) is 3.09. The van der Waals surface area contributed by atoms with Crippen molar-refractivity contribution in [1.29, 1.82) is 0 Å². The predicted octanol–water partition coefficient (Wildman–Crippen LogP) is 5.30. The summed E-state index contributed by atoms with van der Waals surface area (Å²) in [6.07, 6.45) is 4.02. The number of aryl methyl sites for hydroxylation is 2. The highest BCUT2D eigenvalue weighted by molar-refractivity contribution is 9.10. The zero-order chi connectivity index (χ0) is 13.3. The van der Waals surface area contributed by atoms with Crippen LogP contribution in [0.4, 0.5) is 5.69 Å². The number of hydrogen-bond donors (Lipinski definition) is 1. The number of rotatable bonds is 2. The Bertz CT molecular complexity index is 404. The molecule has 1 saturated carbocycles. The molecule has 0 heterocycles. The quantitative estimate of drug-likeness (QED) is 0.781. The van der Waals surface area contributed by atoms with Gasteiger partial charge in [-0.2, -0.15) is 0 Å². The van der Waals surface area contributed by atoms with Crippen LogP contribution >= 0.6 is 15.9 Å². The molecule has 1 aromatic rings. The summed E-state index contributed by atoms with van der Waals surface area (Å²) in [5.74, 6) is 1.62. The highest BCUT2D eigenvalue weighted by Crippen LogP contribution is 2.34. The number of halogens is 1. The molecule has 18 heavy (non-hydrogen) atoms. The average Bonchev–Trinajstić information content (AvgIpc) is 2.28.